The first-order valence-electron chi connectivity index (χ1n) is 6.22. The summed E-state index contributed by atoms with van der Waals surface area (Å²) in [6.45, 7) is -0.295. The van der Waals surface area contributed by atoms with Gasteiger partial charge in [-0.1, -0.05) is 6.07 Å². The van der Waals surface area contributed by atoms with Gasteiger partial charge in [0.2, 0.25) is 5.88 Å². The van der Waals surface area contributed by atoms with Crippen molar-refractivity contribution in [2.45, 2.75) is 6.54 Å². The van der Waals surface area contributed by atoms with E-state index >= 15 is 0 Å². The van der Waals surface area contributed by atoms with Crippen molar-refractivity contribution in [3.05, 3.63) is 47.2 Å². The number of hydrogen-bond donors (Lipinski definition) is 2. The van der Waals surface area contributed by atoms with Crippen LogP contribution >= 0.6 is 0 Å². The van der Waals surface area contributed by atoms with Crippen molar-refractivity contribution < 1.29 is 28.6 Å². The average Bonchev–Trinajstić information content (AvgIpc) is 2.73. The Morgan fingerprint density at radius 2 is 2.05 bits per heavy atom. The molecular formula is C14H14F2N2O4. The lowest BCUT2D eigenvalue weighted by atomic mass is 10.2. The lowest BCUT2D eigenvalue weighted by molar-refractivity contribution is -0.102. The van der Waals surface area contributed by atoms with Gasteiger partial charge in [0, 0.05) is 24.9 Å². The number of hydrogen-bond acceptors (Lipinski definition) is 4. The molecule has 0 aliphatic rings. The van der Waals surface area contributed by atoms with E-state index in [0.29, 0.717) is 6.07 Å². The van der Waals surface area contributed by atoms with Crippen molar-refractivity contribution in [2.24, 2.45) is 7.05 Å². The number of hydroxylamine groups is 2. The summed E-state index contributed by atoms with van der Waals surface area (Å²) in [6.07, 6.45) is 1.21. The molecule has 8 heteroatoms. The molecule has 0 aliphatic carbocycles. The number of carbonyl (C=O) groups is 1. The maximum Gasteiger partial charge on any atom is 0.283 e. The van der Waals surface area contributed by atoms with Crippen molar-refractivity contribution in [1.29, 1.82) is 0 Å². The molecule has 0 fully saturated rings. The predicted octanol–water partition coefficient (Wildman–Crippen LogP) is 1.92. The average molecular weight is 312 g/mol. The van der Waals surface area contributed by atoms with Gasteiger partial charge in [-0.05, 0) is 6.07 Å². The first kappa shape index (κ1) is 15.8. The van der Waals surface area contributed by atoms with E-state index in [2.05, 4.69) is 0 Å². The zero-order valence-corrected chi connectivity index (χ0v) is 11.9. The number of nitrogens with zero attached hydrogens (tertiary/aromatic N) is 2. The van der Waals surface area contributed by atoms with E-state index in [1.807, 2.05) is 0 Å². The number of aromatic hydroxyl groups is 2. The molecule has 118 valence electrons. The van der Waals surface area contributed by atoms with Crippen molar-refractivity contribution in [3.63, 3.8) is 0 Å². The Hall–Kier alpha value is -2.61. The van der Waals surface area contributed by atoms with Crippen molar-refractivity contribution in [1.82, 2.24) is 9.63 Å². The van der Waals surface area contributed by atoms with Gasteiger partial charge in [0.1, 0.15) is 17.2 Å². The van der Waals surface area contributed by atoms with Crippen LogP contribution < -0.4 is 0 Å². The Balaban J connectivity index is 2.27. The summed E-state index contributed by atoms with van der Waals surface area (Å²) >= 11 is 0. The normalized spacial score (nSPS) is 10.7. The van der Waals surface area contributed by atoms with Gasteiger partial charge < -0.3 is 14.8 Å². The molecule has 0 atom stereocenters. The van der Waals surface area contributed by atoms with E-state index in [-0.39, 0.29) is 17.7 Å². The molecule has 0 aliphatic heterocycles. The van der Waals surface area contributed by atoms with Gasteiger partial charge in [0.05, 0.1) is 13.7 Å². The SMILES string of the molecule is CON(Cc1ccc(F)cc1F)C(=O)c1cn(C)c(O)c1O. The first-order valence-corrected chi connectivity index (χ1v) is 6.22. The maximum atomic E-state index is 13.6. The lowest BCUT2D eigenvalue weighted by Crippen LogP contribution is -2.29. The monoisotopic (exact) mass is 312 g/mol. The molecule has 0 radical (unpaired) electrons. The van der Waals surface area contributed by atoms with Gasteiger partial charge in [0.25, 0.3) is 5.91 Å². The molecule has 0 saturated heterocycles. The van der Waals surface area contributed by atoms with Crippen molar-refractivity contribution in [3.8, 4) is 11.6 Å². The minimum Gasteiger partial charge on any atom is -0.503 e. The van der Waals surface area contributed by atoms with Gasteiger partial charge in [-0.15, -0.1) is 0 Å². The van der Waals surface area contributed by atoms with Crippen LogP contribution in [0.1, 0.15) is 15.9 Å². The number of aryl methyl sites for hydroxylation is 1. The van der Waals surface area contributed by atoms with Crippen molar-refractivity contribution in [2.75, 3.05) is 7.11 Å². The molecule has 1 aromatic heterocycles. The van der Waals surface area contributed by atoms with Crippen LogP contribution in [0.25, 0.3) is 0 Å². The Morgan fingerprint density at radius 3 is 2.55 bits per heavy atom. The molecule has 6 nitrogen and oxygen atoms in total. The summed E-state index contributed by atoms with van der Waals surface area (Å²) in [5.74, 6) is -3.42. The van der Waals surface area contributed by atoms with E-state index in [4.69, 9.17) is 4.84 Å². The zero-order valence-electron chi connectivity index (χ0n) is 11.9. The van der Waals surface area contributed by atoms with E-state index < -0.39 is 29.2 Å². The van der Waals surface area contributed by atoms with E-state index in [1.165, 1.54) is 26.4 Å². The van der Waals surface area contributed by atoms with Crippen molar-refractivity contribution >= 4 is 5.91 Å². The van der Waals surface area contributed by atoms with Crippen LogP contribution in [0.15, 0.2) is 24.4 Å². The minimum absolute atomic E-state index is 0.0382. The number of carbonyl (C=O) groups excluding carboxylic acids is 1. The number of rotatable bonds is 4. The van der Waals surface area contributed by atoms with Gasteiger partial charge in [0.15, 0.2) is 5.75 Å². The lowest BCUT2D eigenvalue weighted by Gasteiger charge is -2.19. The van der Waals surface area contributed by atoms with Crippen LogP contribution in [0, 0.1) is 11.6 Å². The van der Waals surface area contributed by atoms with Gasteiger partial charge in [-0.2, -0.15) is 0 Å². The summed E-state index contributed by atoms with van der Waals surface area (Å²) < 4.78 is 27.7. The molecule has 2 N–H and O–H groups in total. The third-order valence-electron chi connectivity index (χ3n) is 3.13. The molecule has 0 unspecified atom stereocenters. The third kappa shape index (κ3) is 2.86. The van der Waals surface area contributed by atoms with Gasteiger partial charge in [-0.25, -0.2) is 13.8 Å². The molecule has 1 aromatic carbocycles. The Morgan fingerprint density at radius 1 is 1.36 bits per heavy atom. The largest absolute Gasteiger partial charge is 0.503 e. The number of halogens is 2. The van der Waals surface area contributed by atoms with Gasteiger partial charge >= 0.3 is 0 Å². The van der Waals surface area contributed by atoms with E-state index in [0.717, 1.165) is 15.7 Å². The quantitative estimate of drug-likeness (QED) is 0.846. The standard InChI is InChI=1S/C14H14F2N2O4/c1-17-7-10(12(19)14(17)21)13(20)18(22-2)6-8-3-4-9(15)5-11(8)16/h3-5,7,19,21H,6H2,1-2H3. The topological polar surface area (TPSA) is 74.9 Å². The second-order valence-corrected chi connectivity index (χ2v) is 4.59. The number of amides is 1. The summed E-state index contributed by atoms with van der Waals surface area (Å²) in [5, 5.41) is 20.0. The Labute approximate surface area is 124 Å². The molecule has 0 saturated carbocycles. The summed E-state index contributed by atoms with van der Waals surface area (Å²) in [7, 11) is 2.63. The summed E-state index contributed by atoms with van der Waals surface area (Å²) in [4.78, 5) is 17.1. The number of benzene rings is 1. The van der Waals surface area contributed by atoms with Crippen LogP contribution in [-0.2, 0) is 18.4 Å². The van der Waals surface area contributed by atoms with E-state index in [1.54, 1.807) is 0 Å². The fourth-order valence-electron chi connectivity index (χ4n) is 1.92. The Bertz CT molecular complexity index is 715. The molecule has 0 spiro atoms. The number of aromatic nitrogens is 1. The summed E-state index contributed by atoms with van der Waals surface area (Å²) in [6, 6.07) is 2.94. The first-order chi connectivity index (χ1) is 10.3. The molecule has 1 amide bonds. The molecule has 2 rings (SSSR count). The molecule has 22 heavy (non-hydrogen) atoms. The minimum atomic E-state index is -0.824. The smallest absolute Gasteiger partial charge is 0.283 e. The fourth-order valence-corrected chi connectivity index (χ4v) is 1.92. The van der Waals surface area contributed by atoms with Crippen LogP contribution in [-0.4, -0.2) is 32.9 Å². The van der Waals surface area contributed by atoms with Crippen LogP contribution in [0.5, 0.6) is 11.6 Å². The predicted molar refractivity (Wildman–Crippen MR) is 72.0 cm³/mol. The zero-order chi connectivity index (χ0) is 16.4. The highest BCUT2D eigenvalue weighted by Crippen LogP contribution is 2.31. The van der Waals surface area contributed by atoms with Crippen LogP contribution in [0.3, 0.4) is 0 Å². The maximum absolute atomic E-state index is 13.6. The van der Waals surface area contributed by atoms with E-state index in [9.17, 15) is 23.8 Å². The highest BCUT2D eigenvalue weighted by atomic mass is 19.1. The second kappa shape index (κ2) is 6.02. The third-order valence-corrected chi connectivity index (χ3v) is 3.13. The summed E-state index contributed by atoms with van der Waals surface area (Å²) in [5.41, 5.74) is -0.166. The fraction of sp³-hybridized carbons (Fsp3) is 0.214. The molecular weight excluding hydrogens is 298 g/mol. The van der Waals surface area contributed by atoms with Crippen LogP contribution in [0.2, 0.25) is 0 Å². The highest BCUT2D eigenvalue weighted by molar-refractivity contribution is 5.97. The molecule has 1 heterocycles. The Kier molecular flexibility index (Phi) is 4.32. The van der Waals surface area contributed by atoms with Crippen LogP contribution in [0.4, 0.5) is 8.78 Å². The van der Waals surface area contributed by atoms with Gasteiger partial charge in [-0.3, -0.25) is 9.63 Å². The second-order valence-electron chi connectivity index (χ2n) is 4.59. The highest BCUT2D eigenvalue weighted by Gasteiger charge is 2.25. The molecule has 2 aromatic rings. The molecule has 0 bridgehead atoms.